The first kappa shape index (κ1) is 17.3. The second-order valence-electron chi connectivity index (χ2n) is 7.69. The van der Waals surface area contributed by atoms with Crippen LogP contribution in [0.4, 0.5) is 5.69 Å². The lowest BCUT2D eigenvalue weighted by molar-refractivity contribution is 0.261. The predicted octanol–water partition coefficient (Wildman–Crippen LogP) is 4.65. The third kappa shape index (κ3) is 3.25. The molecule has 28 heavy (non-hydrogen) atoms. The van der Waals surface area contributed by atoms with Crippen LogP contribution in [-0.4, -0.2) is 42.6 Å². The van der Waals surface area contributed by atoms with E-state index < -0.39 is 0 Å². The number of hydrogen-bond donors (Lipinski definition) is 0. The highest BCUT2D eigenvalue weighted by Gasteiger charge is 2.19. The number of anilines is 1. The van der Waals surface area contributed by atoms with E-state index >= 15 is 0 Å². The molecular formula is C24H25N3O. The lowest BCUT2D eigenvalue weighted by Gasteiger charge is -2.36. The third-order valence-corrected chi connectivity index (χ3v) is 5.80. The first-order chi connectivity index (χ1) is 13.8. The number of fused-ring (bicyclic) bond motifs is 2. The van der Waals surface area contributed by atoms with Crippen molar-refractivity contribution in [2.24, 2.45) is 0 Å². The maximum Gasteiger partial charge on any atom is 0.134 e. The molecule has 0 bridgehead atoms. The van der Waals surface area contributed by atoms with E-state index in [2.05, 4.69) is 52.0 Å². The van der Waals surface area contributed by atoms with Gasteiger partial charge in [-0.25, -0.2) is 0 Å². The van der Waals surface area contributed by atoms with Crippen LogP contribution in [0, 0.1) is 6.92 Å². The van der Waals surface area contributed by atoms with Gasteiger partial charge in [-0.2, -0.15) is 0 Å². The number of aryl methyl sites for hydroxylation is 1. The molecule has 2 aromatic heterocycles. The van der Waals surface area contributed by atoms with Crippen molar-refractivity contribution < 1.29 is 4.42 Å². The normalized spacial score (nSPS) is 15.5. The fraction of sp³-hybridized carbons (Fsp3) is 0.292. The smallest absolute Gasteiger partial charge is 0.134 e. The van der Waals surface area contributed by atoms with Crippen LogP contribution in [0.15, 0.2) is 65.4 Å². The summed E-state index contributed by atoms with van der Waals surface area (Å²) in [4.78, 5) is 9.70. The molecule has 4 nitrogen and oxygen atoms in total. The quantitative estimate of drug-likeness (QED) is 0.523. The molecule has 0 radical (unpaired) electrons. The van der Waals surface area contributed by atoms with Gasteiger partial charge in [0.2, 0.25) is 0 Å². The molecule has 0 unspecified atom stereocenters. The number of pyridine rings is 1. The van der Waals surface area contributed by atoms with Gasteiger partial charge in [0.25, 0.3) is 0 Å². The second kappa shape index (κ2) is 7.28. The zero-order valence-electron chi connectivity index (χ0n) is 16.3. The Kier molecular flexibility index (Phi) is 4.49. The first-order valence-corrected chi connectivity index (χ1v) is 10.1. The van der Waals surface area contributed by atoms with Gasteiger partial charge in [-0.3, -0.25) is 9.88 Å². The zero-order chi connectivity index (χ0) is 18.9. The minimum Gasteiger partial charge on any atom is -0.464 e. The largest absolute Gasteiger partial charge is 0.464 e. The molecular weight excluding hydrogens is 346 g/mol. The van der Waals surface area contributed by atoms with E-state index in [4.69, 9.17) is 4.42 Å². The monoisotopic (exact) mass is 371 g/mol. The van der Waals surface area contributed by atoms with Crippen LogP contribution in [-0.2, 0) is 6.42 Å². The van der Waals surface area contributed by atoms with Crippen LogP contribution in [0.25, 0.3) is 21.9 Å². The van der Waals surface area contributed by atoms with Crippen molar-refractivity contribution in [1.82, 2.24) is 9.88 Å². The second-order valence-corrected chi connectivity index (χ2v) is 7.69. The molecule has 0 aliphatic carbocycles. The molecule has 1 aliphatic heterocycles. The van der Waals surface area contributed by atoms with Gasteiger partial charge in [0.15, 0.2) is 0 Å². The van der Waals surface area contributed by atoms with Gasteiger partial charge in [0, 0.05) is 49.7 Å². The molecule has 4 aromatic rings. The van der Waals surface area contributed by atoms with Gasteiger partial charge < -0.3 is 9.32 Å². The summed E-state index contributed by atoms with van der Waals surface area (Å²) in [7, 11) is 0. The molecule has 0 spiro atoms. The Balaban J connectivity index is 1.26. The summed E-state index contributed by atoms with van der Waals surface area (Å²) in [5, 5.41) is 2.48. The van der Waals surface area contributed by atoms with Crippen LogP contribution in [0.3, 0.4) is 0 Å². The lowest BCUT2D eigenvalue weighted by atomic mass is 10.1. The fourth-order valence-corrected chi connectivity index (χ4v) is 4.28. The Hall–Kier alpha value is -2.85. The maximum absolute atomic E-state index is 5.68. The van der Waals surface area contributed by atoms with Gasteiger partial charge in [-0.05, 0) is 48.7 Å². The maximum atomic E-state index is 5.68. The highest BCUT2D eigenvalue weighted by Crippen LogP contribution is 2.28. The van der Waals surface area contributed by atoms with E-state index in [0.717, 1.165) is 50.2 Å². The number of hydrogen-bond acceptors (Lipinski definition) is 4. The molecule has 0 saturated carbocycles. The summed E-state index contributed by atoms with van der Waals surface area (Å²) in [6.07, 6.45) is 4.85. The Bertz CT molecular complexity index is 1110. The number of rotatable bonds is 4. The Morgan fingerprint density at radius 2 is 1.86 bits per heavy atom. The topological polar surface area (TPSA) is 32.5 Å². The van der Waals surface area contributed by atoms with Crippen molar-refractivity contribution in [3.05, 3.63) is 72.1 Å². The van der Waals surface area contributed by atoms with Crippen LogP contribution >= 0.6 is 0 Å². The zero-order valence-corrected chi connectivity index (χ0v) is 16.3. The number of benzene rings is 2. The van der Waals surface area contributed by atoms with E-state index in [1.165, 1.54) is 27.6 Å². The summed E-state index contributed by atoms with van der Waals surface area (Å²) in [5.74, 6) is 0. The summed E-state index contributed by atoms with van der Waals surface area (Å²) in [6.45, 7) is 7.49. The summed E-state index contributed by atoms with van der Waals surface area (Å²) in [5.41, 5.74) is 5.99. The van der Waals surface area contributed by atoms with Crippen LogP contribution in [0.2, 0.25) is 0 Å². The van der Waals surface area contributed by atoms with E-state index in [1.54, 1.807) is 0 Å². The number of furan rings is 1. The molecule has 4 heteroatoms. The van der Waals surface area contributed by atoms with Crippen LogP contribution in [0.1, 0.15) is 11.1 Å². The van der Waals surface area contributed by atoms with Crippen LogP contribution in [0.5, 0.6) is 0 Å². The van der Waals surface area contributed by atoms with Crippen molar-refractivity contribution in [1.29, 1.82) is 0 Å². The Morgan fingerprint density at radius 3 is 2.75 bits per heavy atom. The Morgan fingerprint density at radius 1 is 1.00 bits per heavy atom. The average molecular weight is 371 g/mol. The summed E-state index contributed by atoms with van der Waals surface area (Å²) in [6, 6.07) is 17.0. The van der Waals surface area contributed by atoms with Gasteiger partial charge in [0.1, 0.15) is 5.58 Å². The lowest BCUT2D eigenvalue weighted by Crippen LogP contribution is -2.47. The van der Waals surface area contributed by atoms with Gasteiger partial charge in [0.05, 0.1) is 17.5 Å². The molecule has 2 aromatic carbocycles. The number of para-hydroxylation sites is 1. The highest BCUT2D eigenvalue weighted by atomic mass is 16.3. The molecule has 5 rings (SSSR count). The van der Waals surface area contributed by atoms with Crippen LogP contribution < -0.4 is 4.90 Å². The van der Waals surface area contributed by atoms with E-state index in [-0.39, 0.29) is 0 Å². The fourth-order valence-electron chi connectivity index (χ4n) is 4.28. The molecule has 0 atom stereocenters. The van der Waals surface area contributed by atoms with E-state index in [0.29, 0.717) is 0 Å². The number of nitrogens with zero attached hydrogens (tertiary/aromatic N) is 3. The predicted molar refractivity (Wildman–Crippen MR) is 115 cm³/mol. The molecule has 0 amide bonds. The van der Waals surface area contributed by atoms with Crippen molar-refractivity contribution in [3.8, 4) is 0 Å². The molecule has 1 fully saturated rings. The van der Waals surface area contributed by atoms with Gasteiger partial charge >= 0.3 is 0 Å². The third-order valence-electron chi connectivity index (χ3n) is 5.80. The summed E-state index contributed by atoms with van der Waals surface area (Å²) < 4.78 is 5.68. The summed E-state index contributed by atoms with van der Waals surface area (Å²) >= 11 is 0. The Labute approximate surface area is 165 Å². The average Bonchev–Trinajstić information content (AvgIpc) is 3.15. The van der Waals surface area contributed by atoms with Gasteiger partial charge in [-0.1, -0.05) is 24.3 Å². The van der Waals surface area contributed by atoms with Crippen molar-refractivity contribution in [2.75, 3.05) is 37.6 Å². The molecule has 1 aliphatic rings. The SMILES string of the molecule is Cc1cc(N2CCN(CCc3coc4ccccc34)CC2)c2ncccc2c1. The minimum absolute atomic E-state index is 0.987. The molecule has 1 saturated heterocycles. The van der Waals surface area contributed by atoms with Gasteiger partial charge in [-0.15, -0.1) is 0 Å². The van der Waals surface area contributed by atoms with Crippen molar-refractivity contribution in [3.63, 3.8) is 0 Å². The van der Waals surface area contributed by atoms with Crippen molar-refractivity contribution in [2.45, 2.75) is 13.3 Å². The first-order valence-electron chi connectivity index (χ1n) is 10.1. The highest BCUT2D eigenvalue weighted by molar-refractivity contribution is 5.91. The van der Waals surface area contributed by atoms with Crippen molar-refractivity contribution >= 4 is 27.6 Å². The molecule has 3 heterocycles. The molecule has 142 valence electrons. The number of piperazine rings is 1. The number of aromatic nitrogens is 1. The standard InChI is InChI=1S/C24H25N3O/c1-18-15-19-5-4-9-25-24(19)22(16-18)27-13-11-26(12-14-27)10-8-20-17-28-23-7-3-2-6-21(20)23/h2-7,9,15-17H,8,10-14H2,1H3. The van der Waals surface area contributed by atoms with E-state index in [9.17, 15) is 0 Å². The molecule has 0 N–H and O–H groups in total. The minimum atomic E-state index is 0.987. The van der Waals surface area contributed by atoms with E-state index in [1.807, 2.05) is 30.7 Å².